The summed E-state index contributed by atoms with van der Waals surface area (Å²) in [6, 6.07) is 3.32. The van der Waals surface area contributed by atoms with E-state index in [1.54, 1.807) is 30.7 Å². The van der Waals surface area contributed by atoms with Gasteiger partial charge in [0.2, 0.25) is 5.75 Å². The van der Waals surface area contributed by atoms with Gasteiger partial charge >= 0.3 is 0 Å². The second-order valence-electron chi connectivity index (χ2n) is 5.55. The van der Waals surface area contributed by atoms with E-state index in [4.69, 9.17) is 14.2 Å². The number of carbonyl (C=O) groups excluding carboxylic acids is 1. The van der Waals surface area contributed by atoms with Crippen molar-refractivity contribution in [3.8, 4) is 17.2 Å². The van der Waals surface area contributed by atoms with Crippen LogP contribution < -0.4 is 24.4 Å². The van der Waals surface area contributed by atoms with Gasteiger partial charge in [0.05, 0.1) is 33.6 Å². The van der Waals surface area contributed by atoms with Gasteiger partial charge in [0, 0.05) is 31.0 Å². The molecule has 0 bridgehead atoms. The van der Waals surface area contributed by atoms with Crippen LogP contribution in [-0.2, 0) is 0 Å². The molecular formula is C17H20N4O4. The summed E-state index contributed by atoms with van der Waals surface area (Å²) in [6.45, 7) is 1.38. The van der Waals surface area contributed by atoms with Gasteiger partial charge in [-0.25, -0.2) is 4.98 Å². The largest absolute Gasteiger partial charge is 0.493 e. The van der Waals surface area contributed by atoms with Crippen LogP contribution >= 0.6 is 0 Å². The van der Waals surface area contributed by atoms with Crippen molar-refractivity contribution in [1.29, 1.82) is 0 Å². The Balaban J connectivity index is 1.66. The van der Waals surface area contributed by atoms with Crippen molar-refractivity contribution in [3.63, 3.8) is 0 Å². The van der Waals surface area contributed by atoms with Crippen LogP contribution in [0.25, 0.3) is 0 Å². The Kier molecular flexibility index (Phi) is 4.87. The van der Waals surface area contributed by atoms with Gasteiger partial charge in [-0.3, -0.25) is 9.78 Å². The molecular weight excluding hydrogens is 324 g/mol. The first-order valence-electron chi connectivity index (χ1n) is 7.78. The van der Waals surface area contributed by atoms with Crippen molar-refractivity contribution in [1.82, 2.24) is 15.3 Å². The maximum atomic E-state index is 12.5. The van der Waals surface area contributed by atoms with Gasteiger partial charge in [-0.1, -0.05) is 0 Å². The molecule has 2 heterocycles. The molecule has 1 N–H and O–H groups in total. The Morgan fingerprint density at radius 3 is 2.32 bits per heavy atom. The molecule has 1 saturated heterocycles. The molecule has 0 atom stereocenters. The molecule has 1 fully saturated rings. The normalized spacial score (nSPS) is 13.8. The third-order valence-corrected chi connectivity index (χ3v) is 4.02. The van der Waals surface area contributed by atoms with E-state index >= 15 is 0 Å². The summed E-state index contributed by atoms with van der Waals surface area (Å²) in [5.41, 5.74) is 0.451. The molecule has 8 heteroatoms. The average molecular weight is 344 g/mol. The minimum absolute atomic E-state index is 0.0496. The average Bonchev–Trinajstić information content (AvgIpc) is 2.63. The second kappa shape index (κ2) is 7.25. The first kappa shape index (κ1) is 16.8. The highest BCUT2D eigenvalue weighted by Crippen LogP contribution is 2.38. The van der Waals surface area contributed by atoms with Crippen LogP contribution in [0.2, 0.25) is 0 Å². The number of benzene rings is 1. The summed E-state index contributed by atoms with van der Waals surface area (Å²) in [5.74, 6) is 1.96. The van der Waals surface area contributed by atoms with Crippen LogP contribution in [0.5, 0.6) is 17.2 Å². The van der Waals surface area contributed by atoms with Crippen LogP contribution in [-0.4, -0.2) is 56.3 Å². The highest BCUT2D eigenvalue weighted by molar-refractivity contribution is 5.96. The number of hydrogen-bond donors (Lipinski definition) is 1. The molecule has 1 amide bonds. The molecule has 2 aromatic rings. The van der Waals surface area contributed by atoms with Crippen molar-refractivity contribution in [3.05, 3.63) is 36.3 Å². The van der Waals surface area contributed by atoms with E-state index in [0.29, 0.717) is 35.9 Å². The number of nitrogens with zero attached hydrogens (tertiary/aromatic N) is 3. The predicted octanol–water partition coefficient (Wildman–Crippen LogP) is 1.12. The lowest BCUT2D eigenvalue weighted by Gasteiger charge is -2.40. The van der Waals surface area contributed by atoms with Crippen LogP contribution in [0, 0.1) is 0 Å². The molecule has 0 radical (unpaired) electrons. The zero-order valence-corrected chi connectivity index (χ0v) is 14.4. The Labute approximate surface area is 145 Å². The van der Waals surface area contributed by atoms with E-state index in [0.717, 1.165) is 5.82 Å². The SMILES string of the molecule is COc1cc(C(=O)NC2CN(c3cnccn3)C2)cc(OC)c1OC. The summed E-state index contributed by atoms with van der Waals surface area (Å²) >= 11 is 0. The summed E-state index contributed by atoms with van der Waals surface area (Å²) in [6.07, 6.45) is 4.99. The van der Waals surface area contributed by atoms with Crippen LogP contribution in [0.4, 0.5) is 5.82 Å². The van der Waals surface area contributed by atoms with E-state index < -0.39 is 0 Å². The standard InChI is InChI=1S/C17H20N4O4/c1-23-13-6-11(7-14(24-2)16(13)25-3)17(22)20-12-9-21(10-12)15-8-18-4-5-19-15/h4-8,12H,9-10H2,1-3H3,(H,20,22). The quantitative estimate of drug-likeness (QED) is 0.840. The molecule has 3 rings (SSSR count). The van der Waals surface area contributed by atoms with Crippen LogP contribution in [0.3, 0.4) is 0 Å². The Morgan fingerprint density at radius 1 is 1.12 bits per heavy atom. The molecule has 1 aliphatic rings. The molecule has 25 heavy (non-hydrogen) atoms. The number of nitrogens with one attached hydrogen (secondary N) is 1. The Morgan fingerprint density at radius 2 is 1.80 bits per heavy atom. The van der Waals surface area contributed by atoms with Crippen molar-refractivity contribution in [2.24, 2.45) is 0 Å². The minimum atomic E-state index is -0.192. The monoisotopic (exact) mass is 344 g/mol. The van der Waals surface area contributed by atoms with E-state index in [2.05, 4.69) is 15.3 Å². The van der Waals surface area contributed by atoms with E-state index in [1.807, 2.05) is 4.90 Å². The molecule has 132 valence electrons. The third kappa shape index (κ3) is 3.42. The zero-order valence-electron chi connectivity index (χ0n) is 14.4. The first-order chi connectivity index (χ1) is 12.2. The fraction of sp³-hybridized carbons (Fsp3) is 0.353. The van der Waals surface area contributed by atoms with Gasteiger partial charge in [-0.05, 0) is 12.1 Å². The van der Waals surface area contributed by atoms with Gasteiger partial charge in [0.25, 0.3) is 5.91 Å². The van der Waals surface area contributed by atoms with Crippen molar-refractivity contribution in [2.75, 3.05) is 39.3 Å². The molecule has 0 saturated carbocycles. The topological polar surface area (TPSA) is 85.8 Å². The van der Waals surface area contributed by atoms with Gasteiger partial charge < -0.3 is 24.4 Å². The number of aromatic nitrogens is 2. The number of rotatable bonds is 6. The molecule has 1 aliphatic heterocycles. The fourth-order valence-corrected chi connectivity index (χ4v) is 2.69. The Bertz CT molecular complexity index is 723. The van der Waals surface area contributed by atoms with Gasteiger partial charge in [0.1, 0.15) is 5.82 Å². The fourth-order valence-electron chi connectivity index (χ4n) is 2.69. The number of ether oxygens (including phenoxy) is 3. The number of methoxy groups -OCH3 is 3. The predicted molar refractivity (Wildman–Crippen MR) is 91.6 cm³/mol. The maximum absolute atomic E-state index is 12.5. The summed E-state index contributed by atoms with van der Waals surface area (Å²) in [7, 11) is 4.56. The molecule has 0 aliphatic carbocycles. The van der Waals surface area contributed by atoms with Crippen LogP contribution in [0.15, 0.2) is 30.7 Å². The minimum Gasteiger partial charge on any atom is -0.493 e. The van der Waals surface area contributed by atoms with E-state index in [1.165, 1.54) is 21.3 Å². The van der Waals surface area contributed by atoms with Gasteiger partial charge in [-0.15, -0.1) is 0 Å². The van der Waals surface area contributed by atoms with Gasteiger partial charge in [0.15, 0.2) is 11.5 Å². The molecule has 1 aromatic carbocycles. The number of hydrogen-bond acceptors (Lipinski definition) is 7. The molecule has 0 unspecified atom stereocenters. The summed E-state index contributed by atoms with van der Waals surface area (Å²) in [5, 5.41) is 2.99. The highest BCUT2D eigenvalue weighted by atomic mass is 16.5. The van der Waals surface area contributed by atoms with Gasteiger partial charge in [-0.2, -0.15) is 0 Å². The number of anilines is 1. The number of amides is 1. The maximum Gasteiger partial charge on any atom is 0.251 e. The second-order valence-corrected chi connectivity index (χ2v) is 5.55. The summed E-state index contributed by atoms with van der Waals surface area (Å²) in [4.78, 5) is 22.9. The van der Waals surface area contributed by atoms with Crippen molar-refractivity contribution in [2.45, 2.75) is 6.04 Å². The van der Waals surface area contributed by atoms with Crippen LogP contribution in [0.1, 0.15) is 10.4 Å². The molecule has 8 nitrogen and oxygen atoms in total. The summed E-state index contributed by atoms with van der Waals surface area (Å²) < 4.78 is 15.8. The molecule has 1 aromatic heterocycles. The lowest BCUT2D eigenvalue weighted by atomic mass is 10.1. The Hall–Kier alpha value is -3.03. The first-order valence-corrected chi connectivity index (χ1v) is 7.78. The smallest absolute Gasteiger partial charge is 0.251 e. The number of carbonyl (C=O) groups is 1. The lowest BCUT2D eigenvalue weighted by molar-refractivity contribution is 0.0929. The lowest BCUT2D eigenvalue weighted by Crippen LogP contribution is -2.59. The highest BCUT2D eigenvalue weighted by Gasteiger charge is 2.29. The zero-order chi connectivity index (χ0) is 17.8. The van der Waals surface area contributed by atoms with Crippen molar-refractivity contribution >= 4 is 11.7 Å². The van der Waals surface area contributed by atoms with E-state index in [9.17, 15) is 4.79 Å². The van der Waals surface area contributed by atoms with Crippen molar-refractivity contribution < 1.29 is 19.0 Å². The molecule has 0 spiro atoms. The third-order valence-electron chi connectivity index (χ3n) is 4.02. The van der Waals surface area contributed by atoms with E-state index in [-0.39, 0.29) is 11.9 Å².